The fourth-order valence-electron chi connectivity index (χ4n) is 5.37. The van der Waals surface area contributed by atoms with Gasteiger partial charge in [-0.15, -0.1) is 0 Å². The topological polar surface area (TPSA) is 55.0 Å². The number of aromatic nitrogens is 1. The van der Waals surface area contributed by atoms with Crippen LogP contribution in [0, 0.1) is 0 Å². The third-order valence-electron chi connectivity index (χ3n) is 7.66. The maximum absolute atomic E-state index is 13.2. The second kappa shape index (κ2) is 11.9. The Morgan fingerprint density at radius 1 is 0.868 bits per heavy atom. The lowest BCUT2D eigenvalue weighted by atomic mass is 10.0. The van der Waals surface area contributed by atoms with Crippen LogP contribution in [0.15, 0.2) is 30.5 Å². The molecule has 2 aromatic rings. The fraction of sp³-hybridized carbons (Fsp3) is 0.571. The Balaban J connectivity index is 1.67. The van der Waals surface area contributed by atoms with Gasteiger partial charge in [0, 0.05) is 82.7 Å². The van der Waals surface area contributed by atoms with Crippen molar-refractivity contribution in [3.05, 3.63) is 47.2 Å². The summed E-state index contributed by atoms with van der Waals surface area (Å²) < 4.78 is 39.7. The van der Waals surface area contributed by atoms with Gasteiger partial charge in [0.15, 0.2) is 6.29 Å². The predicted molar refractivity (Wildman–Crippen MR) is 146 cm³/mol. The molecule has 0 spiro atoms. The molecule has 0 unspecified atom stereocenters. The molecular weight excluding hydrogens is 493 g/mol. The minimum absolute atomic E-state index is 0.168. The van der Waals surface area contributed by atoms with E-state index in [0.29, 0.717) is 24.2 Å². The molecule has 7 nitrogen and oxygen atoms in total. The summed E-state index contributed by atoms with van der Waals surface area (Å²) in [5, 5.41) is 3.11. The highest BCUT2D eigenvalue weighted by atomic mass is 19.4. The number of nitrogens with one attached hydrogen (secondary N) is 1. The molecule has 0 atom stereocenters. The zero-order valence-corrected chi connectivity index (χ0v) is 22.8. The van der Waals surface area contributed by atoms with Crippen LogP contribution < -0.4 is 15.1 Å². The maximum Gasteiger partial charge on any atom is 0.416 e. The molecule has 1 N–H and O–H groups in total. The lowest BCUT2D eigenvalue weighted by Gasteiger charge is -2.43. The number of carbonyl (C=O) groups excluding carboxylic acids is 1. The quantitative estimate of drug-likeness (QED) is 0.500. The highest BCUT2D eigenvalue weighted by molar-refractivity contribution is 5.93. The van der Waals surface area contributed by atoms with Gasteiger partial charge in [0.1, 0.15) is 5.82 Å². The van der Waals surface area contributed by atoms with Crippen molar-refractivity contribution in [2.24, 2.45) is 0 Å². The molecule has 0 bridgehead atoms. The van der Waals surface area contributed by atoms with E-state index in [-0.39, 0.29) is 5.82 Å². The van der Waals surface area contributed by atoms with E-state index < -0.39 is 11.7 Å². The van der Waals surface area contributed by atoms with Gasteiger partial charge >= 0.3 is 6.18 Å². The van der Waals surface area contributed by atoms with Gasteiger partial charge in [-0.3, -0.25) is 14.6 Å². The van der Waals surface area contributed by atoms with Gasteiger partial charge < -0.3 is 15.1 Å². The predicted octanol–water partition coefficient (Wildman–Crippen LogP) is 4.59. The summed E-state index contributed by atoms with van der Waals surface area (Å²) in [5.41, 5.74) is 2.77. The number of aldehydes is 1. The number of pyridine rings is 1. The molecule has 0 saturated carbocycles. The zero-order valence-electron chi connectivity index (χ0n) is 22.8. The molecule has 2 fully saturated rings. The van der Waals surface area contributed by atoms with Crippen molar-refractivity contribution < 1.29 is 18.0 Å². The summed E-state index contributed by atoms with van der Waals surface area (Å²) in [6.45, 7) is 16.0. The molecule has 2 aliphatic rings. The molecule has 2 aliphatic heterocycles. The first-order chi connectivity index (χ1) is 18.1. The van der Waals surface area contributed by atoms with Crippen molar-refractivity contribution in [1.29, 1.82) is 0 Å². The van der Waals surface area contributed by atoms with Gasteiger partial charge in [0.05, 0.1) is 16.9 Å². The van der Waals surface area contributed by atoms with Crippen LogP contribution in [0.4, 0.5) is 30.4 Å². The number of halogens is 3. The van der Waals surface area contributed by atoms with Crippen molar-refractivity contribution in [1.82, 2.24) is 14.8 Å². The van der Waals surface area contributed by atoms with Gasteiger partial charge in [-0.2, -0.15) is 13.2 Å². The molecule has 2 saturated heterocycles. The minimum atomic E-state index is -4.43. The first-order valence-electron chi connectivity index (χ1n) is 13.4. The fourth-order valence-corrected chi connectivity index (χ4v) is 5.37. The smallest absolute Gasteiger partial charge is 0.367 e. The van der Waals surface area contributed by atoms with Gasteiger partial charge in [0.2, 0.25) is 0 Å². The molecule has 208 valence electrons. The van der Waals surface area contributed by atoms with E-state index in [1.165, 1.54) is 6.20 Å². The van der Waals surface area contributed by atoms with Gasteiger partial charge in [-0.25, -0.2) is 4.98 Å². The Morgan fingerprint density at radius 2 is 1.42 bits per heavy atom. The summed E-state index contributed by atoms with van der Waals surface area (Å²) in [6, 6.07) is 6.67. The number of hydrogen-bond acceptors (Lipinski definition) is 7. The minimum Gasteiger partial charge on any atom is -0.367 e. The molecular formula is C28H39F3N6O. The SMILES string of the molecule is CC(C)N1CCN(c2c(C=O)ccc(CNc3cc(C(F)(F)F)ccn3)c2N2CCN(C(C)C)CC2)CC1. The molecule has 0 radical (unpaired) electrons. The van der Waals surface area contributed by atoms with E-state index in [0.717, 1.165) is 87.7 Å². The monoisotopic (exact) mass is 532 g/mol. The second-order valence-electron chi connectivity index (χ2n) is 10.6. The number of alkyl halides is 3. The van der Waals surface area contributed by atoms with Crippen molar-refractivity contribution in [2.45, 2.75) is 52.5 Å². The second-order valence-corrected chi connectivity index (χ2v) is 10.6. The van der Waals surface area contributed by atoms with Crippen molar-refractivity contribution in [2.75, 3.05) is 67.5 Å². The molecule has 1 aromatic heterocycles. The molecule has 4 rings (SSSR count). The van der Waals surface area contributed by atoms with E-state index in [4.69, 9.17) is 0 Å². The highest BCUT2D eigenvalue weighted by Crippen LogP contribution is 2.38. The molecule has 10 heteroatoms. The van der Waals surface area contributed by atoms with Crippen LogP contribution in [0.1, 0.15) is 49.2 Å². The van der Waals surface area contributed by atoms with Crippen LogP contribution in [0.3, 0.4) is 0 Å². The van der Waals surface area contributed by atoms with Crippen LogP contribution in [0.2, 0.25) is 0 Å². The average Bonchev–Trinajstić information content (AvgIpc) is 2.91. The third kappa shape index (κ3) is 6.40. The van der Waals surface area contributed by atoms with E-state index in [2.05, 4.69) is 57.6 Å². The Hall–Kier alpha value is -2.85. The summed E-state index contributed by atoms with van der Waals surface area (Å²) in [4.78, 5) is 25.9. The normalized spacial score (nSPS) is 17.9. The van der Waals surface area contributed by atoms with Crippen molar-refractivity contribution in [3.63, 3.8) is 0 Å². The van der Waals surface area contributed by atoms with Crippen LogP contribution in [-0.4, -0.2) is 85.5 Å². The Labute approximate surface area is 223 Å². The molecule has 1 aromatic carbocycles. The lowest BCUT2D eigenvalue weighted by molar-refractivity contribution is -0.137. The summed E-state index contributed by atoms with van der Waals surface area (Å²) in [6.07, 6.45) is -2.34. The van der Waals surface area contributed by atoms with E-state index in [1.807, 2.05) is 12.1 Å². The molecule has 0 aliphatic carbocycles. The molecule has 3 heterocycles. The number of piperazine rings is 2. The summed E-state index contributed by atoms with van der Waals surface area (Å²) in [5.74, 6) is 0.168. The molecule has 0 amide bonds. The van der Waals surface area contributed by atoms with Gasteiger partial charge in [-0.1, -0.05) is 6.07 Å². The Kier molecular flexibility index (Phi) is 8.82. The number of benzene rings is 1. The van der Waals surface area contributed by atoms with Crippen molar-refractivity contribution in [3.8, 4) is 0 Å². The standard InChI is InChI=1S/C28H39F3N6O/c1-20(2)34-9-13-36(14-10-34)26-22(18-33-25-17-24(7-8-32-25)28(29,30)31)5-6-23(19-38)27(26)37-15-11-35(12-16-37)21(3)4/h5-8,17,19-21H,9-16,18H2,1-4H3,(H,32,33). The molecule has 38 heavy (non-hydrogen) atoms. The van der Waals surface area contributed by atoms with Gasteiger partial charge in [-0.05, 0) is 51.5 Å². The van der Waals surface area contributed by atoms with E-state index in [9.17, 15) is 18.0 Å². The summed E-state index contributed by atoms with van der Waals surface area (Å²) in [7, 11) is 0. The number of rotatable bonds is 8. The van der Waals surface area contributed by atoms with Crippen LogP contribution in [0.25, 0.3) is 0 Å². The number of anilines is 3. The lowest BCUT2D eigenvalue weighted by Crippen LogP contribution is -2.51. The summed E-state index contributed by atoms with van der Waals surface area (Å²) >= 11 is 0. The van der Waals surface area contributed by atoms with Gasteiger partial charge in [0.25, 0.3) is 0 Å². The van der Waals surface area contributed by atoms with E-state index >= 15 is 0 Å². The number of hydrogen-bond donors (Lipinski definition) is 1. The van der Waals surface area contributed by atoms with Crippen LogP contribution in [-0.2, 0) is 12.7 Å². The first kappa shape index (κ1) is 28.2. The number of carbonyl (C=O) groups is 1. The highest BCUT2D eigenvalue weighted by Gasteiger charge is 2.31. The van der Waals surface area contributed by atoms with Crippen LogP contribution in [0.5, 0.6) is 0 Å². The maximum atomic E-state index is 13.2. The average molecular weight is 533 g/mol. The Morgan fingerprint density at radius 3 is 1.92 bits per heavy atom. The van der Waals surface area contributed by atoms with Crippen molar-refractivity contribution >= 4 is 23.5 Å². The Bertz CT molecular complexity index is 1090. The third-order valence-corrected chi connectivity index (χ3v) is 7.66. The van der Waals surface area contributed by atoms with E-state index in [1.54, 1.807) is 0 Å². The largest absolute Gasteiger partial charge is 0.416 e. The first-order valence-corrected chi connectivity index (χ1v) is 13.4. The zero-order chi connectivity index (χ0) is 27.4. The van der Waals surface area contributed by atoms with Crippen LogP contribution >= 0.6 is 0 Å². The number of nitrogens with zero attached hydrogens (tertiary/aromatic N) is 5.